The third-order valence-corrected chi connectivity index (χ3v) is 4.04. The van der Waals surface area contributed by atoms with Gasteiger partial charge in [-0.15, -0.1) is 0 Å². The van der Waals surface area contributed by atoms with Crippen LogP contribution >= 0.6 is 0 Å². The first kappa shape index (κ1) is 14.8. The molecule has 1 atom stereocenters. The highest BCUT2D eigenvalue weighted by Crippen LogP contribution is 2.20. The summed E-state index contributed by atoms with van der Waals surface area (Å²) in [6.45, 7) is 2.47. The zero-order valence-electron chi connectivity index (χ0n) is 13.2. The highest BCUT2D eigenvalue weighted by Gasteiger charge is 2.25. The van der Waals surface area contributed by atoms with Crippen LogP contribution in [0.5, 0.6) is 5.75 Å². The Bertz CT molecular complexity index is 776. The van der Waals surface area contributed by atoms with Crippen LogP contribution in [0.4, 0.5) is 0 Å². The molecule has 0 radical (unpaired) electrons. The van der Waals surface area contributed by atoms with Crippen LogP contribution in [0.15, 0.2) is 59.4 Å². The largest absolute Gasteiger partial charge is 0.489 e. The summed E-state index contributed by atoms with van der Waals surface area (Å²) in [5.41, 5.74) is 0.909. The summed E-state index contributed by atoms with van der Waals surface area (Å²) in [6, 6.07) is 13.7. The second-order valence-corrected chi connectivity index (χ2v) is 5.82. The summed E-state index contributed by atoms with van der Waals surface area (Å²) >= 11 is 0. The van der Waals surface area contributed by atoms with Crippen molar-refractivity contribution >= 4 is 0 Å². The van der Waals surface area contributed by atoms with Gasteiger partial charge in [0.15, 0.2) is 0 Å². The van der Waals surface area contributed by atoms with Crippen molar-refractivity contribution in [3.05, 3.63) is 60.7 Å². The van der Waals surface area contributed by atoms with Crippen LogP contribution in [0, 0.1) is 0 Å². The first-order valence-corrected chi connectivity index (χ1v) is 8.04. The van der Waals surface area contributed by atoms with Gasteiger partial charge in [-0.1, -0.05) is 23.4 Å². The quantitative estimate of drug-likeness (QED) is 0.720. The molecule has 1 fully saturated rings. The summed E-state index contributed by atoms with van der Waals surface area (Å²) in [4.78, 5) is 10.7. The molecular weight excluding hydrogens is 304 g/mol. The predicted octanol–water partition coefficient (Wildman–Crippen LogP) is 2.78. The highest BCUT2D eigenvalue weighted by atomic mass is 16.5. The average Bonchev–Trinajstić information content (AvgIpc) is 3.27. The van der Waals surface area contributed by atoms with E-state index in [9.17, 15) is 0 Å². The molecule has 6 heteroatoms. The van der Waals surface area contributed by atoms with E-state index in [0.29, 0.717) is 18.3 Å². The Morgan fingerprint density at radius 2 is 1.96 bits per heavy atom. The number of ether oxygens (including phenoxy) is 1. The van der Waals surface area contributed by atoms with Crippen LogP contribution in [-0.2, 0) is 6.54 Å². The van der Waals surface area contributed by atoms with Gasteiger partial charge in [-0.05, 0) is 30.7 Å². The van der Waals surface area contributed by atoms with E-state index in [1.54, 1.807) is 12.4 Å². The van der Waals surface area contributed by atoms with Crippen molar-refractivity contribution in [2.75, 3.05) is 13.1 Å². The summed E-state index contributed by atoms with van der Waals surface area (Å²) in [5.74, 6) is 2.15. The minimum atomic E-state index is 0.204. The van der Waals surface area contributed by atoms with Gasteiger partial charge in [-0.3, -0.25) is 9.88 Å². The topological polar surface area (TPSA) is 64.3 Å². The van der Waals surface area contributed by atoms with Crippen molar-refractivity contribution in [3.63, 3.8) is 0 Å². The lowest BCUT2D eigenvalue weighted by molar-refractivity contribution is 0.190. The van der Waals surface area contributed by atoms with E-state index >= 15 is 0 Å². The Hall–Kier alpha value is -2.73. The number of hydrogen-bond acceptors (Lipinski definition) is 6. The number of nitrogens with zero attached hydrogens (tertiary/aromatic N) is 4. The Labute approximate surface area is 140 Å². The van der Waals surface area contributed by atoms with Crippen LogP contribution in [0.3, 0.4) is 0 Å². The molecule has 6 nitrogen and oxygen atoms in total. The molecule has 0 bridgehead atoms. The van der Waals surface area contributed by atoms with E-state index in [4.69, 9.17) is 9.26 Å². The number of hydrogen-bond donors (Lipinski definition) is 0. The standard InChI is InChI=1S/C18H18N4O2/c1-2-4-15(5-3-1)23-16-8-11-22(12-16)13-17-20-18(21-24-17)14-6-9-19-10-7-14/h1-7,9-10,16H,8,11-13H2/t16-/m1/s1. The van der Waals surface area contributed by atoms with Crippen LogP contribution in [-0.4, -0.2) is 39.2 Å². The summed E-state index contributed by atoms with van der Waals surface area (Å²) in [6.07, 6.45) is 4.64. The molecule has 1 aliphatic rings. The van der Waals surface area contributed by atoms with Crippen molar-refractivity contribution in [2.24, 2.45) is 0 Å². The third-order valence-electron chi connectivity index (χ3n) is 4.04. The number of para-hydroxylation sites is 1. The van der Waals surface area contributed by atoms with Gasteiger partial charge < -0.3 is 9.26 Å². The lowest BCUT2D eigenvalue weighted by atomic mass is 10.2. The molecule has 4 rings (SSSR count). The lowest BCUT2D eigenvalue weighted by Gasteiger charge is -2.15. The minimum Gasteiger partial charge on any atom is -0.489 e. The number of benzene rings is 1. The van der Waals surface area contributed by atoms with Gasteiger partial charge in [0.1, 0.15) is 11.9 Å². The van der Waals surface area contributed by atoms with Crippen LogP contribution in [0.25, 0.3) is 11.4 Å². The minimum absolute atomic E-state index is 0.204. The smallest absolute Gasteiger partial charge is 0.241 e. The molecule has 2 aromatic heterocycles. The van der Waals surface area contributed by atoms with E-state index in [1.165, 1.54) is 0 Å². The van der Waals surface area contributed by atoms with Gasteiger partial charge in [-0.25, -0.2) is 0 Å². The molecule has 1 aliphatic heterocycles. The second-order valence-electron chi connectivity index (χ2n) is 5.82. The van der Waals surface area contributed by atoms with Crippen LogP contribution < -0.4 is 4.74 Å². The van der Waals surface area contributed by atoms with Gasteiger partial charge in [0.25, 0.3) is 0 Å². The van der Waals surface area contributed by atoms with E-state index in [2.05, 4.69) is 20.0 Å². The van der Waals surface area contributed by atoms with Crippen molar-refractivity contribution in [1.29, 1.82) is 0 Å². The van der Waals surface area contributed by atoms with Crippen molar-refractivity contribution in [1.82, 2.24) is 20.0 Å². The molecule has 0 N–H and O–H groups in total. The molecule has 1 saturated heterocycles. The Balaban J connectivity index is 1.34. The first-order chi connectivity index (χ1) is 11.9. The molecule has 3 aromatic rings. The van der Waals surface area contributed by atoms with Crippen LogP contribution in [0.1, 0.15) is 12.3 Å². The highest BCUT2D eigenvalue weighted by molar-refractivity contribution is 5.52. The summed E-state index contributed by atoms with van der Waals surface area (Å²) in [5, 5.41) is 4.04. The normalized spacial score (nSPS) is 17.9. The van der Waals surface area contributed by atoms with Gasteiger partial charge in [0.2, 0.25) is 11.7 Å². The molecular formula is C18H18N4O2. The van der Waals surface area contributed by atoms with Crippen LogP contribution in [0.2, 0.25) is 0 Å². The third kappa shape index (κ3) is 3.44. The first-order valence-electron chi connectivity index (χ1n) is 8.04. The number of aromatic nitrogens is 3. The van der Waals surface area contributed by atoms with E-state index < -0.39 is 0 Å². The zero-order valence-corrected chi connectivity index (χ0v) is 13.2. The zero-order chi connectivity index (χ0) is 16.2. The molecule has 0 saturated carbocycles. The molecule has 122 valence electrons. The second kappa shape index (κ2) is 6.80. The van der Waals surface area contributed by atoms with Crippen molar-refractivity contribution in [2.45, 2.75) is 19.1 Å². The molecule has 24 heavy (non-hydrogen) atoms. The molecule has 0 aliphatic carbocycles. The van der Waals surface area contributed by atoms with Gasteiger partial charge in [0.05, 0.1) is 6.54 Å². The Kier molecular flexibility index (Phi) is 4.20. The average molecular weight is 322 g/mol. The Morgan fingerprint density at radius 3 is 2.79 bits per heavy atom. The summed E-state index contributed by atoms with van der Waals surface area (Å²) < 4.78 is 11.4. The molecule has 0 unspecified atom stereocenters. The lowest BCUT2D eigenvalue weighted by Crippen LogP contribution is -2.24. The molecule has 0 amide bonds. The summed E-state index contributed by atoms with van der Waals surface area (Å²) in [7, 11) is 0. The maximum atomic E-state index is 6.00. The molecule has 3 heterocycles. The monoisotopic (exact) mass is 322 g/mol. The van der Waals surface area contributed by atoms with Crippen molar-refractivity contribution in [3.8, 4) is 17.1 Å². The predicted molar refractivity (Wildman–Crippen MR) is 88.3 cm³/mol. The fourth-order valence-electron chi connectivity index (χ4n) is 2.86. The van der Waals surface area contributed by atoms with Gasteiger partial charge in [0, 0.05) is 31.0 Å². The van der Waals surface area contributed by atoms with Gasteiger partial charge >= 0.3 is 0 Å². The fourth-order valence-corrected chi connectivity index (χ4v) is 2.86. The Morgan fingerprint density at radius 1 is 1.12 bits per heavy atom. The number of rotatable bonds is 5. The van der Waals surface area contributed by atoms with E-state index in [0.717, 1.165) is 30.8 Å². The number of pyridine rings is 1. The SMILES string of the molecule is c1ccc(O[C@@H]2CCN(Cc3nc(-c4ccncc4)no3)C2)cc1. The maximum Gasteiger partial charge on any atom is 0.241 e. The fraction of sp³-hybridized carbons (Fsp3) is 0.278. The molecule has 0 spiro atoms. The molecule has 1 aromatic carbocycles. The maximum absolute atomic E-state index is 6.00. The van der Waals surface area contributed by atoms with E-state index in [1.807, 2.05) is 42.5 Å². The van der Waals surface area contributed by atoms with Crippen molar-refractivity contribution < 1.29 is 9.26 Å². The van der Waals surface area contributed by atoms with E-state index in [-0.39, 0.29) is 6.10 Å². The number of likely N-dealkylation sites (tertiary alicyclic amines) is 1. The van der Waals surface area contributed by atoms with Gasteiger partial charge in [-0.2, -0.15) is 4.98 Å².